The number of rotatable bonds is 3. The van der Waals surface area contributed by atoms with Crippen LogP contribution in [0.25, 0.3) is 53.2 Å². The highest BCUT2D eigenvalue weighted by Gasteiger charge is 2.35. The standard InChI is InChI=1S/C29H22FN7OS.C8H11F2N/c1-3-17-20(30)7-4-14-10-21-19(11-32-36-21)23(22(14)17)25-26-18(8-9-31-25)24-27(34-29(38-2)35-28(24)39-26)37-12-15-5-6-16(13-37)33-15;9-8(10)6-4-7-2-1-3-11(7)5-6/h1,4,7-11,15-16,33H,5-6,12-13H2,2H3,(H,32,36);7H,1-5H2. The fourth-order valence-electron chi connectivity index (χ4n) is 8.36. The monoisotopic (exact) mass is 694 g/mol. The molecule has 2 N–H and O–H groups in total. The Kier molecular flexibility index (Phi) is 7.63. The molecule has 0 aliphatic carbocycles. The van der Waals surface area contributed by atoms with Gasteiger partial charge >= 0.3 is 6.01 Å². The molecule has 0 spiro atoms. The van der Waals surface area contributed by atoms with Gasteiger partial charge in [-0.25, -0.2) is 4.39 Å². The molecule has 3 atom stereocenters. The van der Waals surface area contributed by atoms with Crippen molar-refractivity contribution in [3.05, 3.63) is 59.7 Å². The molecule has 4 aromatic heterocycles. The summed E-state index contributed by atoms with van der Waals surface area (Å²) < 4.78 is 45.7. The number of aromatic nitrogens is 5. The summed E-state index contributed by atoms with van der Waals surface area (Å²) in [4.78, 5) is 19.8. The molecule has 10 rings (SSSR count). The van der Waals surface area contributed by atoms with E-state index in [9.17, 15) is 8.78 Å². The summed E-state index contributed by atoms with van der Waals surface area (Å²) in [5.41, 5.74) is 2.87. The van der Waals surface area contributed by atoms with Crippen molar-refractivity contribution in [1.82, 2.24) is 35.4 Å². The molecule has 3 unspecified atom stereocenters. The van der Waals surface area contributed by atoms with Crippen LogP contribution in [0, 0.1) is 18.2 Å². The number of H-pyrrole nitrogens is 1. The molecule has 2 aromatic carbocycles. The van der Waals surface area contributed by atoms with Crippen LogP contribution in [0.5, 0.6) is 6.01 Å². The van der Waals surface area contributed by atoms with Gasteiger partial charge < -0.3 is 15.0 Å². The number of terminal acetylenes is 1. The normalized spacial score (nSPS) is 21.6. The molecular formula is C37H33F3N8OS. The van der Waals surface area contributed by atoms with E-state index in [1.807, 2.05) is 12.1 Å². The van der Waals surface area contributed by atoms with Crippen LogP contribution in [0.3, 0.4) is 0 Å². The first-order valence-corrected chi connectivity index (χ1v) is 17.7. The molecular weight excluding hydrogens is 662 g/mol. The zero-order valence-corrected chi connectivity index (χ0v) is 28.1. The van der Waals surface area contributed by atoms with Gasteiger partial charge in [0.05, 0.1) is 40.2 Å². The van der Waals surface area contributed by atoms with E-state index in [4.69, 9.17) is 26.1 Å². The summed E-state index contributed by atoms with van der Waals surface area (Å²) in [6, 6.07) is 8.77. The molecule has 4 saturated heterocycles. The first-order valence-electron chi connectivity index (χ1n) is 16.9. The van der Waals surface area contributed by atoms with Crippen molar-refractivity contribution in [2.24, 2.45) is 0 Å². The topological polar surface area (TPSA) is 95.1 Å². The molecule has 0 radical (unpaired) electrons. The number of ether oxygens (including phenoxy) is 1. The second-order valence-electron chi connectivity index (χ2n) is 13.5. The van der Waals surface area contributed by atoms with Gasteiger partial charge in [-0.05, 0) is 62.2 Å². The largest absolute Gasteiger partial charge is 0.467 e. The Morgan fingerprint density at radius 3 is 2.68 bits per heavy atom. The molecule has 0 saturated carbocycles. The summed E-state index contributed by atoms with van der Waals surface area (Å²) in [7, 11) is 1.59. The average molecular weight is 695 g/mol. The molecule has 13 heteroatoms. The van der Waals surface area contributed by atoms with Crippen LogP contribution < -0.4 is 15.0 Å². The fourth-order valence-corrected chi connectivity index (χ4v) is 9.52. The third-order valence-corrected chi connectivity index (χ3v) is 11.7. The van der Waals surface area contributed by atoms with E-state index in [-0.39, 0.29) is 5.56 Å². The van der Waals surface area contributed by atoms with Gasteiger partial charge in [0, 0.05) is 71.3 Å². The number of hydrogen-bond donors (Lipinski definition) is 2. The van der Waals surface area contributed by atoms with Crippen LogP contribution in [0.2, 0.25) is 0 Å². The number of nitrogens with zero attached hydrogens (tertiary/aromatic N) is 6. The molecule has 6 aromatic rings. The number of aromatic amines is 1. The maximum atomic E-state index is 15.0. The number of thiophene rings is 1. The van der Waals surface area contributed by atoms with Crippen molar-refractivity contribution < 1.29 is 17.9 Å². The SMILES string of the molecule is C#Cc1c(F)ccc2cc3[nH]ncc3c(-c3nccc4c3sc3nc(OC)nc(N5CC6CCC(C5)N6)c34)c12.FC(F)=C1CC2CCCN2C1. The van der Waals surface area contributed by atoms with Crippen LogP contribution in [0.4, 0.5) is 19.0 Å². The number of anilines is 1. The predicted molar refractivity (Wildman–Crippen MR) is 190 cm³/mol. The lowest BCUT2D eigenvalue weighted by molar-refractivity contribution is 0.326. The van der Waals surface area contributed by atoms with E-state index in [1.165, 1.54) is 36.7 Å². The molecule has 4 aliphatic rings. The minimum atomic E-state index is -1.44. The minimum Gasteiger partial charge on any atom is -0.467 e. The molecule has 2 bridgehead atoms. The lowest BCUT2D eigenvalue weighted by atomic mass is 9.93. The van der Waals surface area contributed by atoms with Gasteiger partial charge in [0.15, 0.2) is 0 Å². The molecule has 254 valence electrons. The van der Waals surface area contributed by atoms with E-state index in [1.54, 1.807) is 25.6 Å². The highest BCUT2D eigenvalue weighted by atomic mass is 32.1. The van der Waals surface area contributed by atoms with Crippen LogP contribution in [0.1, 0.15) is 37.7 Å². The zero-order chi connectivity index (χ0) is 34.1. The number of hydrogen-bond acceptors (Lipinski definition) is 9. The highest BCUT2D eigenvalue weighted by Crippen LogP contribution is 2.46. The van der Waals surface area contributed by atoms with Crippen molar-refractivity contribution in [2.45, 2.75) is 50.2 Å². The minimum absolute atomic E-state index is 0.212. The number of halogens is 3. The first-order chi connectivity index (χ1) is 24.4. The van der Waals surface area contributed by atoms with Gasteiger partial charge in [-0.2, -0.15) is 23.8 Å². The second-order valence-corrected chi connectivity index (χ2v) is 14.5. The van der Waals surface area contributed by atoms with Gasteiger partial charge in [-0.15, -0.1) is 17.8 Å². The van der Waals surface area contributed by atoms with Crippen molar-refractivity contribution in [2.75, 3.05) is 38.2 Å². The number of benzene rings is 2. The van der Waals surface area contributed by atoms with E-state index in [0.29, 0.717) is 53.8 Å². The Morgan fingerprint density at radius 2 is 1.92 bits per heavy atom. The second kappa shape index (κ2) is 12.2. The highest BCUT2D eigenvalue weighted by molar-refractivity contribution is 7.26. The smallest absolute Gasteiger partial charge is 0.319 e. The van der Waals surface area contributed by atoms with Crippen LogP contribution in [-0.4, -0.2) is 81.5 Å². The number of piperazine rings is 1. The van der Waals surface area contributed by atoms with Gasteiger partial charge in [-0.3, -0.25) is 15.0 Å². The predicted octanol–water partition coefficient (Wildman–Crippen LogP) is 7.01. The maximum Gasteiger partial charge on any atom is 0.319 e. The summed E-state index contributed by atoms with van der Waals surface area (Å²) in [5.74, 6) is 3.01. The van der Waals surface area contributed by atoms with Gasteiger partial charge in [0.25, 0.3) is 6.08 Å². The summed E-state index contributed by atoms with van der Waals surface area (Å²) in [5, 5.41) is 15.3. The van der Waals surface area contributed by atoms with E-state index in [2.05, 4.69) is 31.2 Å². The zero-order valence-electron chi connectivity index (χ0n) is 27.3. The number of fused-ring (bicyclic) bond motifs is 8. The van der Waals surface area contributed by atoms with Crippen molar-refractivity contribution in [3.63, 3.8) is 0 Å². The van der Waals surface area contributed by atoms with E-state index < -0.39 is 11.9 Å². The first kappa shape index (κ1) is 31.2. The molecule has 9 nitrogen and oxygen atoms in total. The quantitative estimate of drug-likeness (QED) is 0.191. The Balaban J connectivity index is 0.000000260. The third kappa shape index (κ3) is 5.08. The van der Waals surface area contributed by atoms with E-state index in [0.717, 1.165) is 74.0 Å². The number of nitrogens with one attached hydrogen (secondary N) is 2. The lowest BCUT2D eigenvalue weighted by Crippen LogP contribution is -2.51. The number of methoxy groups -OCH3 is 1. The lowest BCUT2D eigenvalue weighted by Gasteiger charge is -2.34. The van der Waals surface area contributed by atoms with Gasteiger partial charge in [0.2, 0.25) is 0 Å². The van der Waals surface area contributed by atoms with Crippen LogP contribution in [0.15, 0.2) is 48.3 Å². The van der Waals surface area contributed by atoms with Gasteiger partial charge in [-0.1, -0.05) is 12.0 Å². The Bertz CT molecular complexity index is 2370. The average Bonchev–Trinajstić information content (AvgIpc) is 3.96. The van der Waals surface area contributed by atoms with Crippen molar-refractivity contribution in [1.29, 1.82) is 0 Å². The van der Waals surface area contributed by atoms with Crippen molar-refractivity contribution >= 4 is 59.1 Å². The molecule has 4 aliphatic heterocycles. The summed E-state index contributed by atoms with van der Waals surface area (Å²) >= 11 is 1.53. The Hall–Kier alpha value is -4.77. The molecule has 4 fully saturated rings. The summed E-state index contributed by atoms with van der Waals surface area (Å²) in [6.07, 6.45) is 13.2. The fraction of sp³-hybridized carbons (Fsp3) is 0.351. The van der Waals surface area contributed by atoms with Crippen molar-refractivity contribution in [3.8, 4) is 29.6 Å². The summed E-state index contributed by atoms with van der Waals surface area (Å²) in [6.45, 7) is 3.30. The number of pyridine rings is 1. The maximum absolute atomic E-state index is 15.0. The molecule has 0 amide bonds. The third-order valence-electron chi connectivity index (χ3n) is 10.6. The van der Waals surface area contributed by atoms with Crippen LogP contribution >= 0.6 is 11.3 Å². The van der Waals surface area contributed by atoms with Gasteiger partial charge in [0.1, 0.15) is 16.5 Å². The molecule has 8 heterocycles. The Morgan fingerprint density at radius 1 is 1.08 bits per heavy atom. The molecule has 50 heavy (non-hydrogen) atoms. The van der Waals surface area contributed by atoms with Crippen LogP contribution in [-0.2, 0) is 0 Å². The Labute approximate surface area is 289 Å². The van der Waals surface area contributed by atoms with E-state index >= 15 is 4.39 Å².